The van der Waals surface area contributed by atoms with Crippen LogP contribution in [0.1, 0.15) is 41.1 Å². The zero-order valence-electron chi connectivity index (χ0n) is 12.3. The van der Waals surface area contributed by atoms with E-state index in [2.05, 4.69) is 11.4 Å². The first kappa shape index (κ1) is 14.3. The highest BCUT2D eigenvalue weighted by molar-refractivity contribution is 5.95. The third-order valence-electron chi connectivity index (χ3n) is 4.43. The normalized spacial score (nSPS) is 23.7. The van der Waals surface area contributed by atoms with Crippen LogP contribution < -0.4 is 5.32 Å². The Kier molecular flexibility index (Phi) is 3.93. The summed E-state index contributed by atoms with van der Waals surface area (Å²) in [5.74, 6) is -0.128. The number of nitrogens with one attached hydrogen (secondary N) is 1. The molecule has 2 unspecified atom stereocenters. The molecule has 0 saturated heterocycles. The van der Waals surface area contributed by atoms with E-state index in [1.807, 2.05) is 48.5 Å². The molecule has 110 valence electrons. The molecule has 1 saturated carbocycles. The smallest absolute Gasteiger partial charge is 0.252 e. The summed E-state index contributed by atoms with van der Waals surface area (Å²) < 4.78 is 0. The fourth-order valence-electron chi connectivity index (χ4n) is 3.32. The molecule has 0 heterocycles. The third-order valence-corrected chi connectivity index (χ3v) is 4.43. The van der Waals surface area contributed by atoms with E-state index in [-0.39, 0.29) is 11.8 Å². The Bertz CT molecular complexity index is 690. The van der Waals surface area contributed by atoms with Crippen molar-refractivity contribution in [3.05, 3.63) is 71.8 Å². The van der Waals surface area contributed by atoms with Gasteiger partial charge in [0.1, 0.15) is 5.54 Å². The summed E-state index contributed by atoms with van der Waals surface area (Å²) in [7, 11) is 0. The molecule has 3 heteroatoms. The van der Waals surface area contributed by atoms with Crippen LogP contribution in [0.15, 0.2) is 60.7 Å². The number of benzene rings is 2. The predicted octanol–water partition coefficient (Wildman–Crippen LogP) is 3.65. The lowest BCUT2D eigenvalue weighted by Crippen LogP contribution is -2.49. The second-order valence-electron chi connectivity index (χ2n) is 5.76. The molecule has 2 aromatic rings. The van der Waals surface area contributed by atoms with Crippen LogP contribution in [0.3, 0.4) is 0 Å². The molecule has 0 bridgehead atoms. The number of carbonyl (C=O) groups is 1. The fourth-order valence-corrected chi connectivity index (χ4v) is 3.32. The monoisotopic (exact) mass is 290 g/mol. The average molecular weight is 290 g/mol. The van der Waals surface area contributed by atoms with Crippen molar-refractivity contribution in [2.45, 2.75) is 30.7 Å². The molecule has 3 nitrogen and oxygen atoms in total. The second kappa shape index (κ2) is 6.03. The number of hydrogen-bond donors (Lipinski definition) is 1. The maximum absolute atomic E-state index is 12.5. The van der Waals surface area contributed by atoms with Gasteiger partial charge in [0.05, 0.1) is 6.07 Å². The molecule has 0 spiro atoms. The van der Waals surface area contributed by atoms with Crippen LogP contribution in [0.2, 0.25) is 0 Å². The van der Waals surface area contributed by atoms with Gasteiger partial charge in [-0.05, 0) is 37.0 Å². The van der Waals surface area contributed by atoms with Crippen LogP contribution in [-0.4, -0.2) is 11.4 Å². The Balaban J connectivity index is 1.88. The first-order valence-corrected chi connectivity index (χ1v) is 7.59. The molecule has 3 rings (SSSR count). The minimum atomic E-state index is -0.811. The molecule has 22 heavy (non-hydrogen) atoms. The maximum atomic E-state index is 12.5. The molecule has 0 aromatic heterocycles. The molecule has 0 radical (unpaired) electrons. The van der Waals surface area contributed by atoms with E-state index in [1.54, 1.807) is 12.1 Å². The van der Waals surface area contributed by atoms with Gasteiger partial charge in [-0.15, -0.1) is 0 Å². The SMILES string of the molecule is N#CC1(NC(=O)c2ccccc2)CCCC1c1ccccc1. The van der Waals surface area contributed by atoms with Crippen LogP contribution >= 0.6 is 0 Å². The van der Waals surface area contributed by atoms with Crippen molar-refractivity contribution in [2.24, 2.45) is 0 Å². The Morgan fingerprint density at radius 3 is 2.36 bits per heavy atom. The quantitative estimate of drug-likeness (QED) is 0.938. The number of rotatable bonds is 3. The van der Waals surface area contributed by atoms with Gasteiger partial charge in [-0.2, -0.15) is 5.26 Å². The standard InChI is InChI=1S/C19H18N2O/c20-14-19(21-18(22)16-10-5-2-6-11-16)13-7-12-17(19)15-8-3-1-4-9-15/h1-6,8-11,17H,7,12-13H2,(H,21,22). The highest BCUT2D eigenvalue weighted by Gasteiger charge is 2.45. The molecular weight excluding hydrogens is 272 g/mol. The lowest BCUT2D eigenvalue weighted by Gasteiger charge is -2.30. The van der Waals surface area contributed by atoms with Crippen molar-refractivity contribution < 1.29 is 4.79 Å². The van der Waals surface area contributed by atoms with E-state index in [9.17, 15) is 10.1 Å². The van der Waals surface area contributed by atoms with Gasteiger partial charge in [0.15, 0.2) is 0 Å². The van der Waals surface area contributed by atoms with E-state index < -0.39 is 5.54 Å². The predicted molar refractivity (Wildman–Crippen MR) is 85.3 cm³/mol. The topological polar surface area (TPSA) is 52.9 Å². The minimum absolute atomic E-state index is 0.0476. The molecule has 2 atom stereocenters. The fraction of sp³-hybridized carbons (Fsp3) is 0.263. The van der Waals surface area contributed by atoms with Gasteiger partial charge < -0.3 is 5.32 Å². The first-order valence-electron chi connectivity index (χ1n) is 7.59. The summed E-state index contributed by atoms with van der Waals surface area (Å²) in [6.07, 6.45) is 2.57. The van der Waals surface area contributed by atoms with Crippen LogP contribution in [0.4, 0.5) is 0 Å². The van der Waals surface area contributed by atoms with Crippen molar-refractivity contribution in [2.75, 3.05) is 0 Å². The molecule has 1 aliphatic carbocycles. The van der Waals surface area contributed by atoms with Crippen LogP contribution in [0.25, 0.3) is 0 Å². The molecular formula is C19H18N2O. The zero-order valence-corrected chi connectivity index (χ0v) is 12.3. The summed E-state index contributed by atoms with van der Waals surface area (Å²) in [6.45, 7) is 0. The number of nitriles is 1. The van der Waals surface area contributed by atoms with Crippen molar-refractivity contribution in [1.82, 2.24) is 5.32 Å². The van der Waals surface area contributed by atoms with E-state index in [0.29, 0.717) is 12.0 Å². The lowest BCUT2D eigenvalue weighted by molar-refractivity contribution is 0.0915. The maximum Gasteiger partial charge on any atom is 0.252 e. The molecule has 1 aliphatic rings. The van der Waals surface area contributed by atoms with Gasteiger partial charge in [0.25, 0.3) is 5.91 Å². The highest BCUT2D eigenvalue weighted by atomic mass is 16.1. The Morgan fingerprint density at radius 1 is 1.09 bits per heavy atom. The zero-order chi connectivity index (χ0) is 15.4. The molecule has 0 aliphatic heterocycles. The molecule has 1 fully saturated rings. The van der Waals surface area contributed by atoms with Gasteiger partial charge in [-0.3, -0.25) is 4.79 Å². The summed E-state index contributed by atoms with van der Waals surface area (Å²) >= 11 is 0. The van der Waals surface area contributed by atoms with Crippen molar-refractivity contribution in [3.8, 4) is 6.07 Å². The molecule has 1 amide bonds. The molecule has 1 N–H and O–H groups in total. The van der Waals surface area contributed by atoms with E-state index in [0.717, 1.165) is 18.4 Å². The van der Waals surface area contributed by atoms with Crippen LogP contribution in [0.5, 0.6) is 0 Å². The average Bonchev–Trinajstić information content (AvgIpc) is 3.00. The molecule has 2 aromatic carbocycles. The summed E-state index contributed by atoms with van der Waals surface area (Å²) in [5, 5.41) is 12.8. The summed E-state index contributed by atoms with van der Waals surface area (Å²) in [6, 6.07) is 21.5. The van der Waals surface area contributed by atoms with E-state index >= 15 is 0 Å². The number of amides is 1. The Hall–Kier alpha value is -2.60. The van der Waals surface area contributed by atoms with Crippen LogP contribution in [0, 0.1) is 11.3 Å². The largest absolute Gasteiger partial charge is 0.333 e. The van der Waals surface area contributed by atoms with E-state index in [1.165, 1.54) is 0 Å². The lowest BCUT2D eigenvalue weighted by atomic mass is 9.82. The third kappa shape index (κ3) is 2.60. The minimum Gasteiger partial charge on any atom is -0.333 e. The Labute approximate surface area is 130 Å². The van der Waals surface area contributed by atoms with Gasteiger partial charge >= 0.3 is 0 Å². The van der Waals surface area contributed by atoms with Crippen LogP contribution in [-0.2, 0) is 0 Å². The second-order valence-corrected chi connectivity index (χ2v) is 5.76. The van der Waals surface area contributed by atoms with Gasteiger partial charge in [0.2, 0.25) is 0 Å². The number of carbonyl (C=O) groups excluding carboxylic acids is 1. The number of hydrogen-bond acceptors (Lipinski definition) is 2. The van der Waals surface area contributed by atoms with E-state index in [4.69, 9.17) is 0 Å². The summed E-state index contributed by atoms with van der Waals surface area (Å²) in [4.78, 5) is 12.5. The van der Waals surface area contributed by atoms with Gasteiger partial charge in [-0.25, -0.2) is 0 Å². The highest BCUT2D eigenvalue weighted by Crippen LogP contribution is 2.42. The van der Waals surface area contributed by atoms with Gasteiger partial charge in [0, 0.05) is 11.5 Å². The summed E-state index contributed by atoms with van der Waals surface area (Å²) in [5.41, 5.74) is 0.902. The Morgan fingerprint density at radius 2 is 1.73 bits per heavy atom. The van der Waals surface area contributed by atoms with Crippen molar-refractivity contribution in [1.29, 1.82) is 5.26 Å². The first-order chi connectivity index (χ1) is 10.7. The number of nitrogens with zero attached hydrogens (tertiary/aromatic N) is 1. The van der Waals surface area contributed by atoms with Crippen molar-refractivity contribution >= 4 is 5.91 Å². The van der Waals surface area contributed by atoms with Gasteiger partial charge in [-0.1, -0.05) is 48.5 Å². The van der Waals surface area contributed by atoms with Crippen molar-refractivity contribution in [3.63, 3.8) is 0 Å².